The first-order chi connectivity index (χ1) is 12.1. The van der Waals surface area contributed by atoms with Crippen molar-refractivity contribution in [3.8, 4) is 0 Å². The largest absolute Gasteiger partial charge is 0.383 e. The van der Waals surface area contributed by atoms with Crippen molar-refractivity contribution in [2.45, 2.75) is 19.5 Å². The van der Waals surface area contributed by atoms with Crippen molar-refractivity contribution in [3.63, 3.8) is 0 Å². The first-order valence-corrected chi connectivity index (χ1v) is 8.31. The van der Waals surface area contributed by atoms with E-state index in [0.29, 0.717) is 13.2 Å². The van der Waals surface area contributed by atoms with Crippen LogP contribution in [0.3, 0.4) is 0 Å². The minimum Gasteiger partial charge on any atom is -0.383 e. The van der Waals surface area contributed by atoms with Gasteiger partial charge >= 0.3 is 0 Å². The molecular formula is C20H23N3O2. The molecule has 1 N–H and O–H groups in total. The number of methoxy groups -OCH3 is 1. The lowest BCUT2D eigenvalue weighted by Crippen LogP contribution is -2.30. The zero-order valence-corrected chi connectivity index (χ0v) is 14.8. The SMILES string of the molecule is COC[C@H](c1ccccn1)N(C)Cc1cc2ccc(C)cc2[nH]c1=O. The maximum atomic E-state index is 12.5. The first-order valence-electron chi connectivity index (χ1n) is 8.31. The minimum atomic E-state index is -0.0536. The Balaban J connectivity index is 1.89. The van der Waals surface area contributed by atoms with Gasteiger partial charge in [0.1, 0.15) is 0 Å². The number of nitrogens with zero attached hydrogens (tertiary/aromatic N) is 2. The molecular weight excluding hydrogens is 314 g/mol. The number of rotatable bonds is 6. The minimum absolute atomic E-state index is 0.0145. The van der Waals surface area contributed by atoms with Gasteiger partial charge in [0.2, 0.25) is 0 Å². The van der Waals surface area contributed by atoms with Crippen molar-refractivity contribution in [1.82, 2.24) is 14.9 Å². The highest BCUT2D eigenvalue weighted by Gasteiger charge is 2.19. The van der Waals surface area contributed by atoms with E-state index in [2.05, 4.69) is 20.9 Å². The van der Waals surface area contributed by atoms with Crippen LogP contribution in [0.15, 0.2) is 53.5 Å². The standard InChI is InChI=1S/C20H23N3O2/c1-14-7-8-15-11-16(20(24)22-18(15)10-14)12-23(2)19(13-25-3)17-6-4-5-9-21-17/h4-11,19H,12-13H2,1-3H3,(H,22,24)/t19-/m1/s1. The Morgan fingerprint density at radius 3 is 2.80 bits per heavy atom. The summed E-state index contributed by atoms with van der Waals surface area (Å²) in [4.78, 5) is 22.0. The maximum Gasteiger partial charge on any atom is 0.252 e. The molecule has 1 atom stereocenters. The van der Waals surface area contributed by atoms with E-state index in [-0.39, 0.29) is 11.6 Å². The van der Waals surface area contributed by atoms with Crippen LogP contribution in [0.1, 0.15) is 22.9 Å². The number of nitrogens with one attached hydrogen (secondary N) is 1. The van der Waals surface area contributed by atoms with Crippen molar-refractivity contribution >= 4 is 10.9 Å². The molecule has 0 spiro atoms. The third kappa shape index (κ3) is 3.95. The van der Waals surface area contributed by atoms with Crippen LogP contribution in [0.4, 0.5) is 0 Å². The third-order valence-corrected chi connectivity index (χ3v) is 4.38. The molecule has 2 aromatic heterocycles. The number of benzene rings is 1. The molecule has 0 fully saturated rings. The summed E-state index contributed by atoms with van der Waals surface area (Å²) in [5, 5.41) is 1.04. The molecule has 0 bridgehead atoms. The van der Waals surface area contributed by atoms with Gasteiger partial charge in [0.05, 0.1) is 18.3 Å². The second-order valence-corrected chi connectivity index (χ2v) is 6.36. The monoisotopic (exact) mass is 337 g/mol. The molecule has 1 aromatic carbocycles. The molecule has 3 aromatic rings. The van der Waals surface area contributed by atoms with E-state index in [1.54, 1.807) is 13.3 Å². The molecule has 5 nitrogen and oxygen atoms in total. The van der Waals surface area contributed by atoms with Gasteiger partial charge in [-0.05, 0) is 49.2 Å². The van der Waals surface area contributed by atoms with Crippen molar-refractivity contribution in [2.24, 2.45) is 0 Å². The van der Waals surface area contributed by atoms with Gasteiger partial charge in [-0.25, -0.2) is 0 Å². The second-order valence-electron chi connectivity index (χ2n) is 6.36. The van der Waals surface area contributed by atoms with Crippen molar-refractivity contribution in [2.75, 3.05) is 20.8 Å². The van der Waals surface area contributed by atoms with E-state index >= 15 is 0 Å². The predicted octanol–water partition coefficient (Wildman–Crippen LogP) is 3.05. The van der Waals surface area contributed by atoms with Gasteiger partial charge in [0.15, 0.2) is 0 Å². The highest BCUT2D eigenvalue weighted by atomic mass is 16.5. The Morgan fingerprint density at radius 1 is 1.24 bits per heavy atom. The third-order valence-electron chi connectivity index (χ3n) is 4.38. The lowest BCUT2D eigenvalue weighted by Gasteiger charge is -2.27. The molecule has 0 aliphatic rings. The van der Waals surface area contributed by atoms with Gasteiger partial charge in [-0.1, -0.05) is 18.2 Å². The van der Waals surface area contributed by atoms with Gasteiger partial charge in [-0.3, -0.25) is 14.7 Å². The lowest BCUT2D eigenvalue weighted by atomic mass is 10.1. The summed E-state index contributed by atoms with van der Waals surface area (Å²) < 4.78 is 5.36. The summed E-state index contributed by atoms with van der Waals surface area (Å²) in [6.07, 6.45) is 1.77. The van der Waals surface area contributed by atoms with Crippen LogP contribution in [-0.2, 0) is 11.3 Å². The molecule has 0 saturated heterocycles. The van der Waals surface area contributed by atoms with Crippen LogP contribution < -0.4 is 5.56 Å². The van der Waals surface area contributed by atoms with Crippen molar-refractivity contribution in [1.29, 1.82) is 0 Å². The number of fused-ring (bicyclic) bond motifs is 1. The second kappa shape index (κ2) is 7.59. The van der Waals surface area contributed by atoms with Crippen LogP contribution in [-0.4, -0.2) is 35.6 Å². The molecule has 130 valence electrons. The molecule has 0 radical (unpaired) electrons. The van der Waals surface area contributed by atoms with Gasteiger partial charge < -0.3 is 9.72 Å². The Morgan fingerprint density at radius 2 is 2.08 bits per heavy atom. The predicted molar refractivity (Wildman–Crippen MR) is 99.6 cm³/mol. The molecule has 0 saturated carbocycles. The summed E-state index contributed by atoms with van der Waals surface area (Å²) in [5.41, 5.74) is 3.61. The van der Waals surface area contributed by atoms with Crippen LogP contribution in [0.2, 0.25) is 0 Å². The zero-order valence-electron chi connectivity index (χ0n) is 14.8. The highest BCUT2D eigenvalue weighted by Crippen LogP contribution is 2.20. The number of hydrogen-bond donors (Lipinski definition) is 1. The Bertz CT molecular complexity index is 906. The fraction of sp³-hybridized carbons (Fsp3) is 0.300. The van der Waals surface area contributed by atoms with Crippen molar-refractivity contribution < 1.29 is 4.74 Å². The van der Waals surface area contributed by atoms with E-state index in [4.69, 9.17) is 4.74 Å². The quantitative estimate of drug-likeness (QED) is 0.751. The lowest BCUT2D eigenvalue weighted by molar-refractivity contribution is 0.0998. The molecule has 2 heterocycles. The Kier molecular flexibility index (Phi) is 5.26. The Hall–Kier alpha value is -2.50. The van der Waals surface area contributed by atoms with E-state index < -0.39 is 0 Å². The number of ether oxygens (including phenoxy) is 1. The van der Waals surface area contributed by atoms with E-state index in [1.165, 1.54) is 0 Å². The summed E-state index contributed by atoms with van der Waals surface area (Å²) in [7, 11) is 3.66. The number of aromatic nitrogens is 2. The molecule has 0 unspecified atom stereocenters. The molecule has 5 heteroatoms. The number of likely N-dealkylation sites (N-methyl/N-ethyl adjacent to an activating group) is 1. The fourth-order valence-electron chi connectivity index (χ4n) is 3.03. The summed E-state index contributed by atoms with van der Waals surface area (Å²) in [6.45, 7) is 3.05. The zero-order chi connectivity index (χ0) is 17.8. The number of hydrogen-bond acceptors (Lipinski definition) is 4. The fourth-order valence-corrected chi connectivity index (χ4v) is 3.03. The maximum absolute atomic E-state index is 12.5. The average Bonchev–Trinajstić information content (AvgIpc) is 2.61. The van der Waals surface area contributed by atoms with Gasteiger partial charge in [-0.15, -0.1) is 0 Å². The number of pyridine rings is 2. The van der Waals surface area contributed by atoms with E-state index in [0.717, 1.165) is 27.7 Å². The van der Waals surface area contributed by atoms with E-state index in [1.807, 2.05) is 50.4 Å². The van der Waals surface area contributed by atoms with Crippen LogP contribution in [0.25, 0.3) is 10.9 Å². The van der Waals surface area contributed by atoms with E-state index in [9.17, 15) is 4.79 Å². The van der Waals surface area contributed by atoms with Crippen LogP contribution in [0.5, 0.6) is 0 Å². The summed E-state index contributed by atoms with van der Waals surface area (Å²) in [5.74, 6) is 0. The molecule has 0 aliphatic heterocycles. The van der Waals surface area contributed by atoms with Gasteiger partial charge in [-0.2, -0.15) is 0 Å². The van der Waals surface area contributed by atoms with Gasteiger partial charge in [0.25, 0.3) is 5.56 Å². The summed E-state index contributed by atoms with van der Waals surface area (Å²) in [6, 6.07) is 13.9. The smallest absolute Gasteiger partial charge is 0.252 e. The normalized spacial score (nSPS) is 12.6. The van der Waals surface area contributed by atoms with Gasteiger partial charge in [0, 0.05) is 30.9 Å². The summed E-state index contributed by atoms with van der Waals surface area (Å²) >= 11 is 0. The molecule has 25 heavy (non-hydrogen) atoms. The number of aromatic amines is 1. The van der Waals surface area contributed by atoms with Crippen LogP contribution >= 0.6 is 0 Å². The van der Waals surface area contributed by atoms with Crippen LogP contribution in [0, 0.1) is 6.92 Å². The number of aryl methyl sites for hydroxylation is 1. The first kappa shape index (κ1) is 17.3. The molecule has 0 aliphatic carbocycles. The van der Waals surface area contributed by atoms with Crippen molar-refractivity contribution in [3.05, 3.63) is 75.8 Å². The topological polar surface area (TPSA) is 58.2 Å². The Labute approximate surface area is 147 Å². The molecule has 3 rings (SSSR count). The number of H-pyrrole nitrogens is 1. The average molecular weight is 337 g/mol. The molecule has 0 amide bonds. The highest BCUT2D eigenvalue weighted by molar-refractivity contribution is 5.79.